The number of fused-ring (bicyclic) bond motifs is 3. The Morgan fingerprint density at radius 2 is 1.91 bits per heavy atom. The molecule has 162 valence electrons. The van der Waals surface area contributed by atoms with E-state index in [2.05, 4.69) is 41.4 Å². The first-order valence-corrected chi connectivity index (χ1v) is 13.1. The first-order chi connectivity index (χ1) is 15.7. The quantitative estimate of drug-likeness (QED) is 0.302. The van der Waals surface area contributed by atoms with Crippen molar-refractivity contribution in [2.75, 3.05) is 25.5 Å². The van der Waals surface area contributed by atoms with Gasteiger partial charge in [-0.25, -0.2) is 9.97 Å². The van der Waals surface area contributed by atoms with E-state index in [9.17, 15) is 0 Å². The lowest BCUT2D eigenvalue weighted by Gasteiger charge is -2.25. The summed E-state index contributed by atoms with van der Waals surface area (Å²) in [6.45, 7) is 5.42. The van der Waals surface area contributed by atoms with Crippen LogP contribution in [0.5, 0.6) is 5.75 Å². The molecule has 0 unspecified atom stereocenters. The number of likely N-dealkylation sites (N-methyl/N-ethyl adjacent to an activating group) is 1. The number of rotatable bonds is 5. The first-order valence-electron chi connectivity index (χ1n) is 10.7. The summed E-state index contributed by atoms with van der Waals surface area (Å²) in [6, 6.07) is 14.4. The average Bonchev–Trinajstić information content (AvgIpc) is 3.51. The van der Waals surface area contributed by atoms with E-state index >= 15 is 0 Å². The molecule has 2 aromatic carbocycles. The number of anilines is 2. The van der Waals surface area contributed by atoms with Crippen molar-refractivity contribution >= 4 is 64.6 Å². The SMILES string of the molecule is CCN1CCc2c(sc(Nc3nc4ccc(OC)cc4s3)c2-c2nc3ccccc3s2)C1. The second-order valence-corrected chi connectivity index (χ2v) is 11.0. The molecule has 0 bridgehead atoms. The smallest absolute Gasteiger partial charge is 0.188 e. The third-order valence-corrected chi connectivity index (χ3v) is 9.03. The molecule has 0 amide bonds. The fraction of sp³-hybridized carbons (Fsp3) is 0.250. The predicted molar refractivity (Wildman–Crippen MR) is 137 cm³/mol. The van der Waals surface area contributed by atoms with Crippen molar-refractivity contribution in [1.29, 1.82) is 0 Å². The number of thiazole rings is 2. The van der Waals surface area contributed by atoms with Gasteiger partial charge in [0.2, 0.25) is 0 Å². The molecule has 8 heteroatoms. The summed E-state index contributed by atoms with van der Waals surface area (Å²) in [4.78, 5) is 13.8. The second-order valence-electron chi connectivity index (χ2n) is 7.79. The van der Waals surface area contributed by atoms with Gasteiger partial charge in [0, 0.05) is 23.5 Å². The Kier molecular flexibility index (Phi) is 5.10. The number of thiophene rings is 1. The number of hydrogen-bond donors (Lipinski definition) is 1. The number of methoxy groups -OCH3 is 1. The number of benzene rings is 2. The van der Waals surface area contributed by atoms with Crippen molar-refractivity contribution in [2.24, 2.45) is 0 Å². The highest BCUT2D eigenvalue weighted by Crippen LogP contribution is 2.47. The fourth-order valence-electron chi connectivity index (χ4n) is 4.20. The molecular weight excluding hydrogens is 456 g/mol. The van der Waals surface area contributed by atoms with Crippen LogP contribution in [0.2, 0.25) is 0 Å². The number of para-hydroxylation sites is 1. The number of ether oxygens (including phenoxy) is 1. The highest BCUT2D eigenvalue weighted by Gasteiger charge is 2.27. The summed E-state index contributed by atoms with van der Waals surface area (Å²) in [5, 5.41) is 6.82. The number of aromatic nitrogens is 2. The molecule has 1 N–H and O–H groups in total. The van der Waals surface area contributed by atoms with Gasteiger partial charge in [-0.3, -0.25) is 4.90 Å². The molecule has 0 fully saturated rings. The lowest BCUT2D eigenvalue weighted by Crippen LogP contribution is -2.29. The van der Waals surface area contributed by atoms with Crippen LogP contribution in [0.3, 0.4) is 0 Å². The fourth-order valence-corrected chi connectivity index (χ4v) is 7.57. The van der Waals surface area contributed by atoms with E-state index in [4.69, 9.17) is 14.7 Å². The lowest BCUT2D eigenvalue weighted by atomic mass is 10.0. The standard InChI is InChI=1S/C24H22N4OS3/c1-3-28-11-10-15-20(13-28)31-23(21(15)22-25-16-6-4-5-7-18(16)30-22)27-24-26-17-9-8-14(29-2)12-19(17)32-24/h4-9,12H,3,10-11,13H2,1-2H3,(H,26,27). The van der Waals surface area contributed by atoms with E-state index in [0.717, 1.165) is 62.7 Å². The third-order valence-electron chi connectivity index (χ3n) is 5.91. The van der Waals surface area contributed by atoms with Gasteiger partial charge in [0.05, 0.1) is 27.5 Å². The summed E-state index contributed by atoms with van der Waals surface area (Å²) < 4.78 is 7.73. The van der Waals surface area contributed by atoms with Crippen LogP contribution in [0, 0.1) is 0 Å². The average molecular weight is 479 g/mol. The Bertz CT molecular complexity index is 1400. The zero-order valence-corrected chi connectivity index (χ0v) is 20.3. The minimum Gasteiger partial charge on any atom is -0.497 e. The van der Waals surface area contributed by atoms with Gasteiger partial charge in [-0.1, -0.05) is 30.4 Å². The van der Waals surface area contributed by atoms with Crippen LogP contribution in [0.1, 0.15) is 17.4 Å². The number of nitrogens with zero attached hydrogens (tertiary/aromatic N) is 3. The van der Waals surface area contributed by atoms with Crippen LogP contribution < -0.4 is 10.1 Å². The summed E-state index contributed by atoms with van der Waals surface area (Å²) in [5.74, 6) is 0.856. The number of nitrogens with one attached hydrogen (secondary N) is 1. The van der Waals surface area contributed by atoms with E-state index in [-0.39, 0.29) is 0 Å². The summed E-state index contributed by atoms with van der Waals surface area (Å²) >= 11 is 5.29. The van der Waals surface area contributed by atoms with E-state index < -0.39 is 0 Å². The summed E-state index contributed by atoms with van der Waals surface area (Å²) in [6.07, 6.45) is 1.06. The van der Waals surface area contributed by atoms with Gasteiger partial charge >= 0.3 is 0 Å². The molecule has 4 heterocycles. The van der Waals surface area contributed by atoms with Crippen LogP contribution in [-0.4, -0.2) is 35.1 Å². The Morgan fingerprint density at radius 3 is 2.75 bits per heavy atom. The molecule has 6 rings (SSSR count). The molecule has 1 aliphatic heterocycles. The molecule has 0 spiro atoms. The molecule has 5 nitrogen and oxygen atoms in total. The zero-order chi connectivity index (χ0) is 21.7. The van der Waals surface area contributed by atoms with E-state index in [1.807, 2.05) is 29.5 Å². The predicted octanol–water partition coefficient (Wildman–Crippen LogP) is 6.76. The minimum atomic E-state index is 0.856. The zero-order valence-electron chi connectivity index (χ0n) is 17.8. The highest BCUT2D eigenvalue weighted by atomic mass is 32.1. The van der Waals surface area contributed by atoms with E-state index in [1.54, 1.807) is 29.8 Å². The van der Waals surface area contributed by atoms with Crippen LogP contribution in [-0.2, 0) is 13.0 Å². The van der Waals surface area contributed by atoms with Gasteiger partial charge in [-0.15, -0.1) is 22.7 Å². The van der Waals surface area contributed by atoms with Crippen molar-refractivity contribution in [1.82, 2.24) is 14.9 Å². The van der Waals surface area contributed by atoms with Crippen molar-refractivity contribution in [3.63, 3.8) is 0 Å². The van der Waals surface area contributed by atoms with Crippen molar-refractivity contribution < 1.29 is 4.74 Å². The maximum Gasteiger partial charge on any atom is 0.188 e. The molecule has 0 saturated carbocycles. The molecule has 0 saturated heterocycles. The molecule has 0 atom stereocenters. The normalized spacial score (nSPS) is 14.2. The van der Waals surface area contributed by atoms with Gasteiger partial charge < -0.3 is 10.1 Å². The van der Waals surface area contributed by atoms with Crippen molar-refractivity contribution in [3.05, 3.63) is 52.9 Å². The van der Waals surface area contributed by atoms with Gasteiger partial charge in [-0.05, 0) is 48.9 Å². The van der Waals surface area contributed by atoms with Gasteiger partial charge in [0.25, 0.3) is 0 Å². The Labute approximate surface area is 198 Å². The first kappa shape index (κ1) is 20.1. The molecule has 0 aliphatic carbocycles. The van der Waals surface area contributed by atoms with Crippen LogP contribution in [0.25, 0.3) is 31.0 Å². The van der Waals surface area contributed by atoms with Crippen LogP contribution in [0.15, 0.2) is 42.5 Å². The molecule has 32 heavy (non-hydrogen) atoms. The molecule has 1 aliphatic rings. The van der Waals surface area contributed by atoms with Crippen LogP contribution in [0.4, 0.5) is 10.1 Å². The van der Waals surface area contributed by atoms with Crippen molar-refractivity contribution in [2.45, 2.75) is 19.9 Å². The van der Waals surface area contributed by atoms with Crippen molar-refractivity contribution in [3.8, 4) is 16.3 Å². The Balaban J connectivity index is 1.45. The lowest BCUT2D eigenvalue weighted by molar-refractivity contribution is 0.272. The summed E-state index contributed by atoms with van der Waals surface area (Å²) in [7, 11) is 1.70. The molecule has 3 aromatic heterocycles. The van der Waals surface area contributed by atoms with Crippen LogP contribution >= 0.6 is 34.0 Å². The summed E-state index contributed by atoms with van der Waals surface area (Å²) in [5.41, 5.74) is 4.76. The highest BCUT2D eigenvalue weighted by molar-refractivity contribution is 7.24. The van der Waals surface area contributed by atoms with Gasteiger partial charge in [0.15, 0.2) is 5.13 Å². The van der Waals surface area contributed by atoms with Gasteiger partial charge in [-0.2, -0.15) is 0 Å². The third kappa shape index (κ3) is 3.47. The molecule has 0 radical (unpaired) electrons. The molecule has 5 aromatic rings. The van der Waals surface area contributed by atoms with Gasteiger partial charge in [0.1, 0.15) is 15.8 Å². The molecular formula is C24H22N4OS3. The van der Waals surface area contributed by atoms with E-state index in [1.165, 1.54) is 20.7 Å². The Morgan fingerprint density at radius 1 is 1.03 bits per heavy atom. The topological polar surface area (TPSA) is 50.3 Å². The number of hydrogen-bond acceptors (Lipinski definition) is 8. The van der Waals surface area contributed by atoms with E-state index in [0.29, 0.717) is 0 Å². The largest absolute Gasteiger partial charge is 0.497 e. The maximum atomic E-state index is 5.38. The second kappa shape index (κ2) is 8.12. The maximum absolute atomic E-state index is 5.38. The monoisotopic (exact) mass is 478 g/mol. The minimum absolute atomic E-state index is 0.856. The Hall–Kier alpha value is -2.52.